The Labute approximate surface area is 112 Å². The van der Waals surface area contributed by atoms with E-state index in [4.69, 9.17) is 23.2 Å². The Morgan fingerprint density at radius 2 is 2.31 bits per heavy atom. The lowest BCUT2D eigenvalue weighted by Crippen LogP contribution is -2.25. The maximum atomic E-state index is 11.8. The Hall–Kier alpha value is -0.320. The van der Waals surface area contributed by atoms with E-state index >= 15 is 0 Å². The Morgan fingerprint density at radius 1 is 1.56 bits per heavy atom. The standard InChI is InChI=1S/C10H9BrCl2N2O/c11-3-6-1-9(16)15(5-6)10-8(13)2-7(12)4-14-10/h2,4,6H,1,3,5H2. The molecule has 16 heavy (non-hydrogen) atoms. The van der Waals surface area contributed by atoms with Gasteiger partial charge in [-0.3, -0.25) is 9.69 Å². The highest BCUT2D eigenvalue weighted by Crippen LogP contribution is 2.31. The number of alkyl halides is 1. The molecule has 2 heterocycles. The molecule has 3 nitrogen and oxygen atoms in total. The predicted molar refractivity (Wildman–Crippen MR) is 68.5 cm³/mol. The number of carbonyl (C=O) groups is 1. The van der Waals surface area contributed by atoms with E-state index in [1.165, 1.54) is 6.20 Å². The monoisotopic (exact) mass is 322 g/mol. The molecule has 1 unspecified atom stereocenters. The van der Waals surface area contributed by atoms with Gasteiger partial charge in [0.15, 0.2) is 5.82 Å². The zero-order chi connectivity index (χ0) is 11.7. The summed E-state index contributed by atoms with van der Waals surface area (Å²) in [6.45, 7) is 0.651. The number of halogens is 3. The highest BCUT2D eigenvalue weighted by molar-refractivity contribution is 9.09. The first kappa shape index (κ1) is 12.1. The van der Waals surface area contributed by atoms with Crippen molar-refractivity contribution in [3.05, 3.63) is 22.3 Å². The van der Waals surface area contributed by atoms with Crippen molar-refractivity contribution in [2.75, 3.05) is 16.8 Å². The van der Waals surface area contributed by atoms with E-state index in [1.807, 2.05) is 0 Å². The molecule has 1 atom stereocenters. The van der Waals surface area contributed by atoms with Gasteiger partial charge in [-0.25, -0.2) is 4.98 Å². The third-order valence-electron chi connectivity index (χ3n) is 2.47. The van der Waals surface area contributed by atoms with E-state index in [2.05, 4.69) is 20.9 Å². The summed E-state index contributed by atoms with van der Waals surface area (Å²) >= 11 is 15.2. The van der Waals surface area contributed by atoms with E-state index in [9.17, 15) is 4.79 Å². The smallest absolute Gasteiger partial charge is 0.228 e. The Morgan fingerprint density at radius 3 is 2.88 bits per heavy atom. The molecule has 0 saturated carbocycles. The number of amides is 1. The van der Waals surface area contributed by atoms with Crippen molar-refractivity contribution >= 4 is 50.9 Å². The summed E-state index contributed by atoms with van der Waals surface area (Å²) in [4.78, 5) is 17.5. The normalized spacial score (nSPS) is 20.6. The largest absolute Gasteiger partial charge is 0.295 e. The van der Waals surface area contributed by atoms with Gasteiger partial charge in [-0.1, -0.05) is 39.1 Å². The summed E-state index contributed by atoms with van der Waals surface area (Å²) in [5.74, 6) is 0.877. The van der Waals surface area contributed by atoms with Crippen LogP contribution in [0.1, 0.15) is 6.42 Å². The summed E-state index contributed by atoms with van der Waals surface area (Å²) in [5, 5.41) is 1.69. The third kappa shape index (κ3) is 2.34. The van der Waals surface area contributed by atoms with Crippen LogP contribution in [0.25, 0.3) is 0 Å². The number of carbonyl (C=O) groups excluding carboxylic acids is 1. The second-order valence-corrected chi connectivity index (χ2v) is 5.18. The molecule has 6 heteroatoms. The molecule has 1 aliphatic rings. The molecule has 1 amide bonds. The fourth-order valence-corrected chi connectivity index (χ4v) is 2.61. The maximum Gasteiger partial charge on any atom is 0.228 e. The zero-order valence-corrected chi connectivity index (χ0v) is 11.4. The molecular weight excluding hydrogens is 315 g/mol. The van der Waals surface area contributed by atoms with Crippen molar-refractivity contribution in [1.29, 1.82) is 0 Å². The minimum Gasteiger partial charge on any atom is -0.295 e. The van der Waals surface area contributed by atoms with Gasteiger partial charge in [0, 0.05) is 24.5 Å². The van der Waals surface area contributed by atoms with Crippen LogP contribution < -0.4 is 4.90 Å². The number of aromatic nitrogens is 1. The molecule has 0 bridgehead atoms. The first-order valence-electron chi connectivity index (χ1n) is 4.79. The summed E-state index contributed by atoms with van der Waals surface area (Å²) in [6, 6.07) is 1.60. The summed E-state index contributed by atoms with van der Waals surface area (Å²) in [6.07, 6.45) is 2.03. The van der Waals surface area contributed by atoms with Gasteiger partial charge in [-0.2, -0.15) is 0 Å². The summed E-state index contributed by atoms with van der Waals surface area (Å²) in [5.41, 5.74) is 0. The van der Waals surface area contributed by atoms with Crippen LogP contribution in [0.2, 0.25) is 10.0 Å². The van der Waals surface area contributed by atoms with E-state index < -0.39 is 0 Å². The van der Waals surface area contributed by atoms with E-state index in [0.29, 0.717) is 34.7 Å². The van der Waals surface area contributed by atoms with Crippen molar-refractivity contribution < 1.29 is 4.79 Å². The van der Waals surface area contributed by atoms with Crippen LogP contribution in [-0.4, -0.2) is 22.8 Å². The molecule has 0 aromatic carbocycles. The van der Waals surface area contributed by atoms with Gasteiger partial charge < -0.3 is 0 Å². The molecule has 0 radical (unpaired) electrons. The third-order valence-corrected chi connectivity index (χ3v) is 3.87. The van der Waals surface area contributed by atoms with Gasteiger partial charge in [0.25, 0.3) is 0 Å². The maximum absolute atomic E-state index is 11.8. The van der Waals surface area contributed by atoms with Crippen LogP contribution in [0.15, 0.2) is 12.3 Å². The molecule has 0 N–H and O–H groups in total. The number of nitrogens with zero attached hydrogens (tertiary/aromatic N) is 2. The first-order chi connectivity index (χ1) is 7.61. The van der Waals surface area contributed by atoms with Gasteiger partial charge in [-0.15, -0.1) is 0 Å². The summed E-state index contributed by atoms with van der Waals surface area (Å²) < 4.78 is 0. The molecule has 0 spiro atoms. The molecular formula is C10H9BrCl2N2O. The van der Waals surface area contributed by atoms with Gasteiger partial charge >= 0.3 is 0 Å². The fourth-order valence-electron chi connectivity index (χ4n) is 1.70. The predicted octanol–water partition coefficient (Wildman–Crippen LogP) is 3.14. The number of pyridine rings is 1. The van der Waals surface area contributed by atoms with E-state index in [-0.39, 0.29) is 5.91 Å². The van der Waals surface area contributed by atoms with Gasteiger partial charge in [-0.05, 0) is 12.0 Å². The number of rotatable bonds is 2. The Bertz CT molecular complexity index is 427. The SMILES string of the molecule is O=C1CC(CBr)CN1c1ncc(Cl)cc1Cl. The second kappa shape index (κ2) is 4.90. The van der Waals surface area contributed by atoms with Crippen molar-refractivity contribution in [1.82, 2.24) is 4.98 Å². The molecule has 86 valence electrons. The molecule has 1 saturated heterocycles. The molecule has 2 rings (SSSR count). The Balaban J connectivity index is 2.28. The molecule has 1 aliphatic heterocycles. The lowest BCUT2D eigenvalue weighted by atomic mass is 10.2. The molecule has 1 fully saturated rings. The van der Waals surface area contributed by atoms with Crippen LogP contribution in [-0.2, 0) is 4.79 Å². The van der Waals surface area contributed by atoms with Crippen LogP contribution in [0.4, 0.5) is 5.82 Å². The number of anilines is 1. The van der Waals surface area contributed by atoms with Crippen LogP contribution in [0.5, 0.6) is 0 Å². The van der Waals surface area contributed by atoms with Crippen molar-refractivity contribution in [3.63, 3.8) is 0 Å². The van der Waals surface area contributed by atoms with Crippen LogP contribution in [0, 0.1) is 5.92 Å². The second-order valence-electron chi connectivity index (χ2n) is 3.69. The summed E-state index contributed by atoms with van der Waals surface area (Å²) in [7, 11) is 0. The number of hydrogen-bond acceptors (Lipinski definition) is 2. The van der Waals surface area contributed by atoms with E-state index in [0.717, 1.165) is 5.33 Å². The molecule has 1 aromatic rings. The van der Waals surface area contributed by atoms with Gasteiger partial charge in [0.1, 0.15) is 0 Å². The fraction of sp³-hybridized carbons (Fsp3) is 0.400. The van der Waals surface area contributed by atoms with E-state index in [1.54, 1.807) is 11.0 Å². The minimum atomic E-state index is 0.0566. The van der Waals surface area contributed by atoms with Crippen molar-refractivity contribution in [3.8, 4) is 0 Å². The van der Waals surface area contributed by atoms with Crippen molar-refractivity contribution in [2.45, 2.75) is 6.42 Å². The van der Waals surface area contributed by atoms with Crippen LogP contribution >= 0.6 is 39.1 Å². The average Bonchev–Trinajstić information content (AvgIpc) is 2.60. The molecule has 0 aliphatic carbocycles. The Kier molecular flexibility index (Phi) is 3.72. The minimum absolute atomic E-state index is 0.0566. The lowest BCUT2D eigenvalue weighted by Gasteiger charge is -2.16. The highest BCUT2D eigenvalue weighted by Gasteiger charge is 2.31. The topological polar surface area (TPSA) is 33.2 Å². The zero-order valence-electron chi connectivity index (χ0n) is 8.29. The van der Waals surface area contributed by atoms with Crippen molar-refractivity contribution in [2.24, 2.45) is 5.92 Å². The molecule has 1 aromatic heterocycles. The quantitative estimate of drug-likeness (QED) is 0.783. The lowest BCUT2D eigenvalue weighted by molar-refractivity contribution is -0.117. The number of hydrogen-bond donors (Lipinski definition) is 0. The first-order valence-corrected chi connectivity index (χ1v) is 6.67. The average molecular weight is 324 g/mol. The van der Waals surface area contributed by atoms with Gasteiger partial charge in [0.2, 0.25) is 5.91 Å². The van der Waals surface area contributed by atoms with Gasteiger partial charge in [0.05, 0.1) is 10.0 Å². The highest BCUT2D eigenvalue weighted by atomic mass is 79.9. The van der Waals surface area contributed by atoms with Crippen LogP contribution in [0.3, 0.4) is 0 Å².